The van der Waals surface area contributed by atoms with Crippen LogP contribution in [0.5, 0.6) is 0 Å². The summed E-state index contributed by atoms with van der Waals surface area (Å²) < 4.78 is 29.1. The van der Waals surface area contributed by atoms with Crippen LogP contribution in [0.25, 0.3) is 11.0 Å². The number of amides is 1. The van der Waals surface area contributed by atoms with Crippen LogP contribution in [0.3, 0.4) is 0 Å². The smallest absolute Gasteiger partial charge is 0.220 e. The molecule has 0 radical (unpaired) electrons. The highest BCUT2D eigenvalue weighted by atomic mass is 35.5. The molecule has 20 heavy (non-hydrogen) atoms. The third-order valence-electron chi connectivity index (χ3n) is 3.54. The number of hydrogen-bond donors (Lipinski definition) is 1. The Morgan fingerprint density at radius 3 is 2.90 bits per heavy atom. The van der Waals surface area contributed by atoms with Crippen LogP contribution in [0.2, 0.25) is 0 Å². The number of carbonyl (C=O) groups is 1. The first-order valence-corrected chi connectivity index (χ1v) is 6.82. The van der Waals surface area contributed by atoms with Gasteiger partial charge in [-0.15, -0.1) is 11.6 Å². The molecule has 1 atom stereocenters. The Morgan fingerprint density at radius 2 is 2.25 bits per heavy atom. The Kier molecular flexibility index (Phi) is 3.33. The molecule has 1 saturated heterocycles. The van der Waals surface area contributed by atoms with Gasteiger partial charge in [0.25, 0.3) is 0 Å². The monoisotopic (exact) mass is 299 g/mol. The van der Waals surface area contributed by atoms with E-state index in [1.807, 2.05) is 0 Å². The molecule has 0 saturated carbocycles. The summed E-state index contributed by atoms with van der Waals surface area (Å²) in [5.41, 5.74) is 0.484. The van der Waals surface area contributed by atoms with E-state index in [0.717, 1.165) is 6.07 Å². The van der Waals surface area contributed by atoms with Crippen molar-refractivity contribution >= 4 is 28.5 Å². The van der Waals surface area contributed by atoms with Gasteiger partial charge < -0.3 is 9.88 Å². The zero-order valence-corrected chi connectivity index (χ0v) is 11.3. The maximum Gasteiger partial charge on any atom is 0.220 e. The fourth-order valence-corrected chi connectivity index (χ4v) is 2.79. The molecule has 4 nitrogen and oxygen atoms in total. The predicted octanol–water partition coefficient (Wildman–Crippen LogP) is 2.50. The average molecular weight is 300 g/mol. The van der Waals surface area contributed by atoms with E-state index in [-0.39, 0.29) is 23.3 Å². The van der Waals surface area contributed by atoms with E-state index >= 15 is 0 Å². The number of alkyl halides is 1. The minimum atomic E-state index is -0.928. The standard InChI is InChI=1S/C13H12ClF2N3O/c14-5-10-18-9-3-2-8(15)12(16)13(9)19(10)7-1-4-11(20)17-6-7/h2-3,7H,1,4-6H2,(H,17,20). The van der Waals surface area contributed by atoms with Gasteiger partial charge in [0.15, 0.2) is 11.6 Å². The first kappa shape index (κ1) is 13.3. The Labute approximate surface area is 118 Å². The van der Waals surface area contributed by atoms with Crippen molar-refractivity contribution in [2.45, 2.75) is 24.8 Å². The molecule has 1 amide bonds. The molecule has 1 fully saturated rings. The maximum absolute atomic E-state index is 14.1. The summed E-state index contributed by atoms with van der Waals surface area (Å²) in [5, 5.41) is 2.72. The van der Waals surface area contributed by atoms with Gasteiger partial charge >= 0.3 is 0 Å². The summed E-state index contributed by atoms with van der Waals surface area (Å²) in [4.78, 5) is 15.5. The molecular formula is C13H12ClF2N3O. The van der Waals surface area contributed by atoms with Crippen LogP contribution < -0.4 is 5.32 Å². The SMILES string of the molecule is O=C1CCC(n2c(CCl)nc3ccc(F)c(F)c32)CN1. The lowest BCUT2D eigenvalue weighted by molar-refractivity contribution is -0.122. The van der Waals surface area contributed by atoms with Gasteiger partial charge in [0, 0.05) is 13.0 Å². The Hall–Kier alpha value is -1.69. The number of nitrogens with zero attached hydrogens (tertiary/aromatic N) is 2. The highest BCUT2D eigenvalue weighted by Crippen LogP contribution is 2.29. The Morgan fingerprint density at radius 1 is 1.45 bits per heavy atom. The van der Waals surface area contributed by atoms with Crippen LogP contribution in [-0.2, 0) is 10.7 Å². The van der Waals surface area contributed by atoms with Crippen molar-refractivity contribution in [2.75, 3.05) is 6.54 Å². The quantitative estimate of drug-likeness (QED) is 0.866. The second-order valence-corrected chi connectivity index (χ2v) is 5.02. The van der Waals surface area contributed by atoms with Crippen molar-refractivity contribution in [1.82, 2.24) is 14.9 Å². The zero-order chi connectivity index (χ0) is 14.3. The molecule has 0 bridgehead atoms. The largest absolute Gasteiger partial charge is 0.354 e. The Balaban J connectivity index is 2.16. The summed E-state index contributed by atoms with van der Waals surface area (Å²) in [5.74, 6) is -1.31. The first-order valence-electron chi connectivity index (χ1n) is 6.29. The van der Waals surface area contributed by atoms with E-state index in [2.05, 4.69) is 10.3 Å². The normalized spacial score (nSPS) is 19.4. The van der Waals surface area contributed by atoms with Gasteiger partial charge in [-0.3, -0.25) is 4.79 Å². The minimum Gasteiger partial charge on any atom is -0.354 e. The fourth-order valence-electron chi connectivity index (χ4n) is 2.60. The van der Waals surface area contributed by atoms with E-state index in [4.69, 9.17) is 11.6 Å². The van der Waals surface area contributed by atoms with Gasteiger partial charge in [-0.2, -0.15) is 0 Å². The average Bonchev–Trinajstić information content (AvgIpc) is 2.83. The van der Waals surface area contributed by atoms with E-state index in [0.29, 0.717) is 30.7 Å². The van der Waals surface area contributed by atoms with Gasteiger partial charge in [-0.25, -0.2) is 13.8 Å². The third kappa shape index (κ3) is 2.04. The number of piperidine rings is 1. The van der Waals surface area contributed by atoms with Crippen LogP contribution in [0.4, 0.5) is 8.78 Å². The van der Waals surface area contributed by atoms with E-state index in [1.54, 1.807) is 4.57 Å². The van der Waals surface area contributed by atoms with E-state index in [1.165, 1.54) is 6.07 Å². The lowest BCUT2D eigenvalue weighted by Crippen LogP contribution is -2.36. The molecule has 1 aliphatic heterocycles. The number of nitrogens with one attached hydrogen (secondary N) is 1. The van der Waals surface area contributed by atoms with Crippen molar-refractivity contribution in [3.8, 4) is 0 Å². The fraction of sp³-hybridized carbons (Fsp3) is 0.385. The molecule has 0 spiro atoms. The highest BCUT2D eigenvalue weighted by molar-refractivity contribution is 6.16. The number of carbonyl (C=O) groups excluding carboxylic acids is 1. The molecular weight excluding hydrogens is 288 g/mol. The lowest BCUT2D eigenvalue weighted by Gasteiger charge is -2.25. The minimum absolute atomic E-state index is 0.0373. The van der Waals surface area contributed by atoms with Crippen molar-refractivity contribution in [3.63, 3.8) is 0 Å². The molecule has 1 aromatic carbocycles. The summed E-state index contributed by atoms with van der Waals surface area (Å²) in [7, 11) is 0. The van der Waals surface area contributed by atoms with Crippen LogP contribution in [0.1, 0.15) is 24.7 Å². The van der Waals surface area contributed by atoms with Crippen molar-refractivity contribution in [3.05, 3.63) is 29.6 Å². The van der Waals surface area contributed by atoms with E-state index < -0.39 is 11.6 Å². The zero-order valence-electron chi connectivity index (χ0n) is 10.5. The number of hydrogen-bond acceptors (Lipinski definition) is 2. The van der Waals surface area contributed by atoms with Crippen LogP contribution >= 0.6 is 11.6 Å². The van der Waals surface area contributed by atoms with Crippen molar-refractivity contribution in [1.29, 1.82) is 0 Å². The number of halogens is 3. The second kappa shape index (κ2) is 5.01. The predicted molar refractivity (Wildman–Crippen MR) is 70.5 cm³/mol. The van der Waals surface area contributed by atoms with E-state index in [9.17, 15) is 13.6 Å². The van der Waals surface area contributed by atoms with Crippen molar-refractivity contribution in [2.24, 2.45) is 0 Å². The molecule has 1 aliphatic rings. The second-order valence-electron chi connectivity index (χ2n) is 4.76. The number of benzene rings is 1. The summed E-state index contributed by atoms with van der Waals surface area (Å²) in [6, 6.07) is 2.32. The van der Waals surface area contributed by atoms with Gasteiger partial charge in [-0.05, 0) is 18.6 Å². The first-order chi connectivity index (χ1) is 9.61. The lowest BCUT2D eigenvalue weighted by atomic mass is 10.1. The van der Waals surface area contributed by atoms with Gasteiger partial charge in [-0.1, -0.05) is 0 Å². The molecule has 1 N–H and O–H groups in total. The molecule has 0 aliphatic carbocycles. The Bertz CT molecular complexity index is 676. The van der Waals surface area contributed by atoms with Crippen LogP contribution in [0.15, 0.2) is 12.1 Å². The van der Waals surface area contributed by atoms with Gasteiger partial charge in [0.05, 0.1) is 17.4 Å². The molecule has 2 aromatic rings. The molecule has 3 rings (SSSR count). The molecule has 2 heterocycles. The van der Waals surface area contributed by atoms with Crippen molar-refractivity contribution < 1.29 is 13.6 Å². The van der Waals surface area contributed by atoms with Gasteiger partial charge in [0.2, 0.25) is 5.91 Å². The highest BCUT2D eigenvalue weighted by Gasteiger charge is 2.26. The third-order valence-corrected chi connectivity index (χ3v) is 3.78. The molecule has 1 unspecified atom stereocenters. The number of fused-ring (bicyclic) bond motifs is 1. The van der Waals surface area contributed by atoms with Gasteiger partial charge in [0.1, 0.15) is 11.3 Å². The molecule has 1 aromatic heterocycles. The number of rotatable bonds is 2. The molecule has 106 valence electrons. The van der Waals surface area contributed by atoms with Crippen LogP contribution in [0, 0.1) is 11.6 Å². The number of imidazole rings is 1. The summed E-state index contributed by atoms with van der Waals surface area (Å²) in [6.45, 7) is 0.365. The van der Waals surface area contributed by atoms with Crippen LogP contribution in [-0.4, -0.2) is 22.0 Å². The summed E-state index contributed by atoms with van der Waals surface area (Å²) in [6.07, 6.45) is 0.903. The molecule has 7 heteroatoms. The maximum atomic E-state index is 14.1. The topological polar surface area (TPSA) is 46.9 Å². The summed E-state index contributed by atoms with van der Waals surface area (Å²) >= 11 is 5.86. The number of aromatic nitrogens is 2.